The first kappa shape index (κ1) is 19.9. The molecular weight excluding hydrogens is 374 g/mol. The second-order valence-electron chi connectivity index (χ2n) is 6.57. The lowest BCUT2D eigenvalue weighted by Gasteiger charge is -2.18. The van der Waals surface area contributed by atoms with Gasteiger partial charge in [-0.1, -0.05) is 18.2 Å². The summed E-state index contributed by atoms with van der Waals surface area (Å²) < 4.78 is 0. The van der Waals surface area contributed by atoms with Crippen LogP contribution in [0.4, 0.5) is 21.9 Å². The summed E-state index contributed by atoms with van der Waals surface area (Å²) in [5.74, 6) is -2.52. The Labute approximate surface area is 167 Å². The maximum absolute atomic E-state index is 12.2. The zero-order valence-electron chi connectivity index (χ0n) is 15.9. The van der Waals surface area contributed by atoms with Gasteiger partial charge in [0.2, 0.25) is 5.91 Å². The van der Waals surface area contributed by atoms with Crippen molar-refractivity contribution in [3.8, 4) is 0 Å². The van der Waals surface area contributed by atoms with Crippen LogP contribution in [-0.4, -0.2) is 46.1 Å². The molecule has 0 aliphatic carbocycles. The van der Waals surface area contributed by atoms with Gasteiger partial charge in [0.25, 0.3) is 0 Å². The molecule has 9 nitrogen and oxygen atoms in total. The van der Waals surface area contributed by atoms with Gasteiger partial charge in [-0.3, -0.25) is 19.3 Å². The topological polar surface area (TPSA) is 112 Å². The molecular formula is C20H19N5O4. The highest BCUT2D eigenvalue weighted by Crippen LogP contribution is 2.20. The molecule has 1 aliphatic heterocycles. The molecule has 0 bridgehead atoms. The molecule has 0 unspecified atom stereocenters. The Morgan fingerprint density at radius 1 is 0.897 bits per heavy atom. The molecule has 0 saturated carbocycles. The highest BCUT2D eigenvalue weighted by Gasteiger charge is 2.46. The average molecular weight is 393 g/mol. The average Bonchev–Trinajstić information content (AvgIpc) is 2.91. The molecule has 1 N–H and O–H groups in total. The maximum atomic E-state index is 12.2. The van der Waals surface area contributed by atoms with Crippen molar-refractivity contribution < 1.29 is 19.2 Å². The summed E-state index contributed by atoms with van der Waals surface area (Å²) in [7, 11) is 0. The minimum absolute atomic E-state index is 0.458. The van der Waals surface area contributed by atoms with Gasteiger partial charge in [0.1, 0.15) is 6.54 Å². The predicted molar refractivity (Wildman–Crippen MR) is 105 cm³/mol. The molecule has 148 valence electrons. The number of hydrogen-bond donors (Lipinski definition) is 1. The lowest BCUT2D eigenvalue weighted by molar-refractivity contribution is -0.144. The number of benzene rings is 2. The van der Waals surface area contributed by atoms with Gasteiger partial charge in [-0.25, -0.2) is 9.69 Å². The van der Waals surface area contributed by atoms with Crippen LogP contribution in [0.5, 0.6) is 0 Å². The summed E-state index contributed by atoms with van der Waals surface area (Å²) in [6.45, 7) is 2.69. The van der Waals surface area contributed by atoms with Crippen LogP contribution in [-0.2, 0) is 14.4 Å². The summed E-state index contributed by atoms with van der Waals surface area (Å²) in [6, 6.07) is 14.6. The maximum Gasteiger partial charge on any atom is 0.334 e. The molecule has 0 atom stereocenters. The molecule has 1 saturated heterocycles. The number of azo groups is 1. The van der Waals surface area contributed by atoms with Gasteiger partial charge in [0.15, 0.2) is 0 Å². The lowest BCUT2D eigenvalue weighted by Crippen LogP contribution is -2.40. The number of carbonyl (C=O) groups excluding carboxylic acids is 4. The van der Waals surface area contributed by atoms with Crippen molar-refractivity contribution in [2.45, 2.75) is 19.9 Å². The highest BCUT2D eigenvalue weighted by molar-refractivity contribution is 6.45. The van der Waals surface area contributed by atoms with E-state index in [0.717, 1.165) is 10.6 Å². The molecule has 29 heavy (non-hydrogen) atoms. The van der Waals surface area contributed by atoms with Crippen LogP contribution in [0, 0.1) is 0 Å². The van der Waals surface area contributed by atoms with Crippen molar-refractivity contribution in [3.63, 3.8) is 0 Å². The molecule has 0 aromatic heterocycles. The van der Waals surface area contributed by atoms with Gasteiger partial charge >= 0.3 is 17.8 Å². The molecule has 0 radical (unpaired) electrons. The number of nitrogens with zero attached hydrogens (tertiary/aromatic N) is 4. The van der Waals surface area contributed by atoms with Gasteiger partial charge in [-0.2, -0.15) is 10.2 Å². The third-order valence-corrected chi connectivity index (χ3v) is 4.09. The van der Waals surface area contributed by atoms with Crippen molar-refractivity contribution in [2.75, 3.05) is 11.9 Å². The Morgan fingerprint density at radius 2 is 1.48 bits per heavy atom. The van der Waals surface area contributed by atoms with E-state index in [1.165, 1.54) is 0 Å². The molecule has 1 fully saturated rings. The van der Waals surface area contributed by atoms with E-state index in [2.05, 4.69) is 15.5 Å². The Morgan fingerprint density at radius 3 is 2.03 bits per heavy atom. The number of rotatable bonds is 6. The third kappa shape index (κ3) is 4.52. The number of carbonyl (C=O) groups is 4. The van der Waals surface area contributed by atoms with E-state index in [1.807, 2.05) is 30.3 Å². The summed E-state index contributed by atoms with van der Waals surface area (Å²) in [6.07, 6.45) is 0. The van der Waals surface area contributed by atoms with Gasteiger partial charge in [-0.05, 0) is 50.2 Å². The van der Waals surface area contributed by atoms with E-state index in [0.29, 0.717) is 16.3 Å². The minimum atomic E-state index is -1.00. The second kappa shape index (κ2) is 8.42. The molecule has 1 aliphatic rings. The van der Waals surface area contributed by atoms with E-state index in [9.17, 15) is 19.2 Å². The quantitative estimate of drug-likeness (QED) is 0.461. The Bertz CT molecular complexity index is 970. The molecule has 5 amide bonds. The van der Waals surface area contributed by atoms with E-state index < -0.39 is 36.3 Å². The van der Waals surface area contributed by atoms with Crippen molar-refractivity contribution in [3.05, 3.63) is 54.6 Å². The van der Waals surface area contributed by atoms with Crippen LogP contribution < -0.4 is 5.32 Å². The van der Waals surface area contributed by atoms with Crippen LogP contribution in [0.3, 0.4) is 0 Å². The number of urea groups is 1. The molecule has 2 aromatic carbocycles. The molecule has 3 rings (SSSR count). The normalized spacial score (nSPS) is 14.4. The summed E-state index contributed by atoms with van der Waals surface area (Å²) >= 11 is 0. The first-order valence-corrected chi connectivity index (χ1v) is 8.92. The van der Waals surface area contributed by atoms with E-state index in [4.69, 9.17) is 0 Å². The predicted octanol–water partition coefficient (Wildman–Crippen LogP) is 3.24. The first-order chi connectivity index (χ1) is 13.9. The van der Waals surface area contributed by atoms with Gasteiger partial charge in [0.05, 0.1) is 11.4 Å². The highest BCUT2D eigenvalue weighted by atomic mass is 16.2. The van der Waals surface area contributed by atoms with Crippen LogP contribution in [0.15, 0.2) is 64.8 Å². The number of hydrogen-bond acceptors (Lipinski definition) is 6. The minimum Gasteiger partial charge on any atom is -0.325 e. The van der Waals surface area contributed by atoms with Crippen molar-refractivity contribution in [1.29, 1.82) is 0 Å². The monoisotopic (exact) mass is 393 g/mol. The fourth-order valence-electron chi connectivity index (χ4n) is 2.68. The van der Waals surface area contributed by atoms with Crippen LogP contribution >= 0.6 is 0 Å². The van der Waals surface area contributed by atoms with E-state index >= 15 is 0 Å². The second-order valence-corrected chi connectivity index (χ2v) is 6.57. The SMILES string of the molecule is CC(C)N1C(=O)C(=O)N(CC(=O)Nc2ccc(N=Nc3ccccc3)cc2)C1=O. The summed E-state index contributed by atoms with van der Waals surface area (Å²) in [5, 5.41) is 10.8. The fraction of sp³-hybridized carbons (Fsp3) is 0.200. The van der Waals surface area contributed by atoms with Crippen LogP contribution in [0.1, 0.15) is 13.8 Å². The van der Waals surface area contributed by atoms with Crippen molar-refractivity contribution in [2.24, 2.45) is 10.2 Å². The zero-order chi connectivity index (χ0) is 21.0. The largest absolute Gasteiger partial charge is 0.334 e. The molecule has 1 heterocycles. The van der Waals surface area contributed by atoms with E-state index in [-0.39, 0.29) is 0 Å². The first-order valence-electron chi connectivity index (χ1n) is 8.92. The fourth-order valence-corrected chi connectivity index (χ4v) is 2.68. The lowest BCUT2D eigenvalue weighted by atomic mass is 10.3. The number of anilines is 1. The number of nitrogens with one attached hydrogen (secondary N) is 1. The van der Waals surface area contributed by atoms with Crippen LogP contribution in [0.25, 0.3) is 0 Å². The zero-order valence-corrected chi connectivity index (χ0v) is 15.9. The molecule has 9 heteroatoms. The summed E-state index contributed by atoms with van der Waals surface area (Å²) in [5.41, 5.74) is 1.77. The van der Waals surface area contributed by atoms with Crippen molar-refractivity contribution >= 4 is 40.8 Å². The number of amides is 5. The Balaban J connectivity index is 1.60. The van der Waals surface area contributed by atoms with Gasteiger partial charge < -0.3 is 5.32 Å². The van der Waals surface area contributed by atoms with Crippen LogP contribution in [0.2, 0.25) is 0 Å². The van der Waals surface area contributed by atoms with Crippen molar-refractivity contribution in [1.82, 2.24) is 9.80 Å². The Hall–Kier alpha value is -3.88. The number of imide groups is 2. The smallest absolute Gasteiger partial charge is 0.325 e. The summed E-state index contributed by atoms with van der Waals surface area (Å²) in [4.78, 5) is 49.7. The standard InChI is InChI=1S/C20H19N5O4/c1-13(2)25-19(28)18(27)24(20(25)29)12-17(26)21-14-8-10-16(11-9-14)23-22-15-6-4-3-5-7-15/h3-11,13H,12H2,1-2H3,(H,21,26). The van der Waals surface area contributed by atoms with E-state index in [1.54, 1.807) is 38.1 Å². The van der Waals surface area contributed by atoms with Gasteiger partial charge in [0, 0.05) is 11.7 Å². The van der Waals surface area contributed by atoms with Gasteiger partial charge in [-0.15, -0.1) is 0 Å². The molecule has 2 aromatic rings. The third-order valence-electron chi connectivity index (χ3n) is 4.09. The molecule has 0 spiro atoms. The Kier molecular flexibility index (Phi) is 5.77.